The Morgan fingerprint density at radius 1 is 1.00 bits per heavy atom. The van der Waals surface area contributed by atoms with Crippen molar-refractivity contribution in [3.8, 4) is 11.1 Å². The van der Waals surface area contributed by atoms with Gasteiger partial charge in [0.15, 0.2) is 5.12 Å². The first-order valence-electron chi connectivity index (χ1n) is 9.89. The van der Waals surface area contributed by atoms with Crippen molar-refractivity contribution in [2.75, 3.05) is 6.26 Å². The molecule has 0 aliphatic heterocycles. The molecule has 0 radical (unpaired) electrons. The molecule has 1 N–H and O–H groups in total. The Kier molecular flexibility index (Phi) is 8.32. The van der Waals surface area contributed by atoms with Crippen molar-refractivity contribution in [1.29, 1.82) is 0 Å². The number of nitrogens with one attached hydrogen (secondary N) is 1. The quantitative estimate of drug-likeness (QED) is 0.632. The normalized spacial score (nSPS) is 13.4. The fraction of sp³-hybridized carbons (Fsp3) is 0.417. The maximum atomic E-state index is 12.3. The number of rotatable bonds is 7. The zero-order valence-electron chi connectivity index (χ0n) is 17.9. The minimum atomic E-state index is -0.563. The van der Waals surface area contributed by atoms with Crippen LogP contribution in [-0.2, 0) is 16.0 Å². The molecular formula is C24H31NO3S. The number of benzene rings is 2. The standard InChI is InChI=1S/C24H31NO3S/c1-17(22(26)29-5)15-21(25-23(27)28-24(2,3)4)16-18-11-13-20(14-12-18)19-9-7-6-8-10-19/h6-14,17,21H,15-16H2,1-5H3,(H,25,27)/t17?,21-/m0/s1. The van der Waals surface area contributed by atoms with Crippen molar-refractivity contribution in [3.63, 3.8) is 0 Å². The van der Waals surface area contributed by atoms with Crippen molar-refractivity contribution in [3.05, 3.63) is 60.2 Å². The number of carbonyl (C=O) groups excluding carboxylic acids is 2. The van der Waals surface area contributed by atoms with Gasteiger partial charge in [-0.05, 0) is 56.6 Å². The summed E-state index contributed by atoms with van der Waals surface area (Å²) < 4.78 is 5.41. The van der Waals surface area contributed by atoms with Gasteiger partial charge in [0.1, 0.15) is 5.60 Å². The van der Waals surface area contributed by atoms with Gasteiger partial charge in [-0.25, -0.2) is 4.79 Å². The van der Waals surface area contributed by atoms with Crippen molar-refractivity contribution >= 4 is 23.0 Å². The third kappa shape index (κ3) is 7.94. The summed E-state index contributed by atoms with van der Waals surface area (Å²) in [7, 11) is 0. The number of amides is 1. The Hall–Kier alpha value is -2.27. The summed E-state index contributed by atoms with van der Waals surface area (Å²) >= 11 is 1.23. The van der Waals surface area contributed by atoms with E-state index in [4.69, 9.17) is 4.74 Å². The molecule has 0 saturated carbocycles. The van der Waals surface area contributed by atoms with E-state index in [0.717, 1.165) is 11.1 Å². The largest absolute Gasteiger partial charge is 0.444 e. The van der Waals surface area contributed by atoms with Gasteiger partial charge in [-0.2, -0.15) is 0 Å². The highest BCUT2D eigenvalue weighted by Crippen LogP contribution is 2.21. The Bertz CT molecular complexity index is 797. The Labute approximate surface area is 178 Å². The minimum Gasteiger partial charge on any atom is -0.444 e. The molecular weight excluding hydrogens is 382 g/mol. The molecule has 1 unspecified atom stereocenters. The molecule has 0 aliphatic rings. The number of alkyl carbamates (subject to hydrolysis) is 1. The van der Waals surface area contributed by atoms with E-state index in [2.05, 4.69) is 41.7 Å². The van der Waals surface area contributed by atoms with Crippen molar-refractivity contribution in [1.82, 2.24) is 5.32 Å². The van der Waals surface area contributed by atoms with Crippen LogP contribution < -0.4 is 5.32 Å². The second-order valence-electron chi connectivity index (χ2n) is 8.27. The Morgan fingerprint density at radius 2 is 1.59 bits per heavy atom. The van der Waals surface area contributed by atoms with Crippen LogP contribution in [0.3, 0.4) is 0 Å². The lowest BCUT2D eigenvalue weighted by Crippen LogP contribution is -2.41. The average Bonchev–Trinajstić information content (AvgIpc) is 2.67. The summed E-state index contributed by atoms with van der Waals surface area (Å²) in [5.41, 5.74) is 2.86. The molecule has 2 rings (SSSR count). The molecule has 0 aliphatic carbocycles. The van der Waals surface area contributed by atoms with Crippen LogP contribution in [-0.4, -0.2) is 29.1 Å². The summed E-state index contributed by atoms with van der Waals surface area (Å²) in [6.07, 6.45) is 2.55. The third-order valence-corrected chi connectivity index (χ3v) is 5.31. The van der Waals surface area contributed by atoms with E-state index in [1.807, 2.05) is 45.9 Å². The Balaban J connectivity index is 2.11. The van der Waals surface area contributed by atoms with Crippen LogP contribution in [0.25, 0.3) is 11.1 Å². The van der Waals surface area contributed by atoms with E-state index >= 15 is 0 Å². The zero-order valence-corrected chi connectivity index (χ0v) is 18.7. The number of thioether (sulfide) groups is 1. The zero-order chi connectivity index (χ0) is 21.4. The fourth-order valence-electron chi connectivity index (χ4n) is 3.14. The van der Waals surface area contributed by atoms with Crippen LogP contribution in [0.2, 0.25) is 0 Å². The molecule has 1 amide bonds. The van der Waals surface area contributed by atoms with E-state index in [1.165, 1.54) is 17.3 Å². The Morgan fingerprint density at radius 3 is 2.14 bits per heavy atom. The first-order valence-corrected chi connectivity index (χ1v) is 11.1. The maximum absolute atomic E-state index is 12.3. The molecule has 5 heteroatoms. The number of hydrogen-bond donors (Lipinski definition) is 1. The van der Waals surface area contributed by atoms with Gasteiger partial charge in [0, 0.05) is 12.0 Å². The first kappa shape index (κ1) is 23.0. The molecule has 156 valence electrons. The van der Waals surface area contributed by atoms with Gasteiger partial charge in [-0.15, -0.1) is 0 Å². The smallest absolute Gasteiger partial charge is 0.407 e. The van der Waals surface area contributed by atoms with Gasteiger partial charge in [-0.3, -0.25) is 4.79 Å². The van der Waals surface area contributed by atoms with Gasteiger partial charge in [0.25, 0.3) is 0 Å². The number of carbonyl (C=O) groups is 2. The lowest BCUT2D eigenvalue weighted by Gasteiger charge is -2.25. The molecule has 0 saturated heterocycles. The van der Waals surface area contributed by atoms with Gasteiger partial charge < -0.3 is 10.1 Å². The fourth-order valence-corrected chi connectivity index (χ4v) is 3.64. The van der Waals surface area contributed by atoms with Gasteiger partial charge in [-0.1, -0.05) is 73.3 Å². The monoisotopic (exact) mass is 413 g/mol. The van der Waals surface area contributed by atoms with E-state index in [1.54, 1.807) is 6.26 Å². The van der Waals surface area contributed by atoms with Crippen LogP contribution in [0.5, 0.6) is 0 Å². The summed E-state index contributed by atoms with van der Waals surface area (Å²) in [6, 6.07) is 18.4. The van der Waals surface area contributed by atoms with Crippen LogP contribution in [0.1, 0.15) is 39.7 Å². The van der Waals surface area contributed by atoms with Crippen molar-refractivity contribution < 1.29 is 14.3 Å². The van der Waals surface area contributed by atoms with Crippen LogP contribution in [0.4, 0.5) is 4.79 Å². The topological polar surface area (TPSA) is 55.4 Å². The highest BCUT2D eigenvalue weighted by Gasteiger charge is 2.23. The number of ether oxygens (including phenoxy) is 1. The highest BCUT2D eigenvalue weighted by molar-refractivity contribution is 8.13. The summed E-state index contributed by atoms with van der Waals surface area (Å²) in [5.74, 6) is -0.145. The number of hydrogen-bond acceptors (Lipinski definition) is 4. The maximum Gasteiger partial charge on any atom is 0.407 e. The first-order chi connectivity index (χ1) is 13.7. The lowest BCUT2D eigenvalue weighted by molar-refractivity contribution is -0.114. The molecule has 2 aromatic rings. The van der Waals surface area contributed by atoms with E-state index in [0.29, 0.717) is 12.8 Å². The summed E-state index contributed by atoms with van der Waals surface area (Å²) in [6.45, 7) is 7.42. The van der Waals surface area contributed by atoms with E-state index < -0.39 is 11.7 Å². The van der Waals surface area contributed by atoms with Gasteiger partial charge >= 0.3 is 6.09 Å². The molecule has 0 bridgehead atoms. The molecule has 2 atom stereocenters. The molecule has 29 heavy (non-hydrogen) atoms. The van der Waals surface area contributed by atoms with E-state index in [9.17, 15) is 9.59 Å². The molecule has 0 fully saturated rings. The minimum absolute atomic E-state index is 0.125. The SMILES string of the molecule is CSC(=O)C(C)C[C@@H](Cc1ccc(-c2ccccc2)cc1)NC(=O)OC(C)(C)C. The predicted octanol–water partition coefficient (Wildman–Crippen LogP) is 5.71. The van der Waals surface area contributed by atoms with Crippen LogP contribution in [0, 0.1) is 5.92 Å². The van der Waals surface area contributed by atoms with Crippen molar-refractivity contribution in [2.24, 2.45) is 5.92 Å². The van der Waals surface area contributed by atoms with Gasteiger partial charge in [0.05, 0.1) is 0 Å². The molecule has 0 heterocycles. The summed E-state index contributed by atoms with van der Waals surface area (Å²) in [4.78, 5) is 24.3. The second kappa shape index (κ2) is 10.5. The average molecular weight is 414 g/mol. The van der Waals surface area contributed by atoms with Crippen molar-refractivity contribution in [2.45, 2.75) is 52.2 Å². The van der Waals surface area contributed by atoms with Crippen LogP contribution >= 0.6 is 11.8 Å². The molecule has 4 nitrogen and oxygen atoms in total. The predicted molar refractivity (Wildman–Crippen MR) is 121 cm³/mol. The molecule has 0 aromatic heterocycles. The second-order valence-corrected chi connectivity index (χ2v) is 9.08. The summed E-state index contributed by atoms with van der Waals surface area (Å²) in [5, 5.41) is 3.08. The lowest BCUT2D eigenvalue weighted by atomic mass is 9.95. The van der Waals surface area contributed by atoms with Crippen LogP contribution in [0.15, 0.2) is 54.6 Å². The highest BCUT2D eigenvalue weighted by atomic mass is 32.2. The third-order valence-electron chi connectivity index (χ3n) is 4.51. The van der Waals surface area contributed by atoms with E-state index in [-0.39, 0.29) is 17.1 Å². The van der Waals surface area contributed by atoms with Gasteiger partial charge in [0.2, 0.25) is 0 Å². The molecule has 0 spiro atoms. The molecule has 2 aromatic carbocycles.